The molecule has 58 heavy (non-hydrogen) atoms. The maximum absolute atomic E-state index is 12.9. The molecule has 2 heterocycles. The van der Waals surface area contributed by atoms with Gasteiger partial charge >= 0.3 is 30.0 Å². The molecule has 0 bridgehead atoms. The minimum Gasteiger partial charge on any atom is -0.494 e. The van der Waals surface area contributed by atoms with Gasteiger partial charge in [0.05, 0.1) is 12.3 Å². The van der Waals surface area contributed by atoms with Gasteiger partial charge in [-0.05, 0) is 54.6 Å². The number of hydrogen-bond donors (Lipinski definition) is 3. The zero-order valence-electron chi connectivity index (χ0n) is 33.6. The summed E-state index contributed by atoms with van der Waals surface area (Å²) in [5, 5.41) is 16.0. The number of nitrogens with two attached hydrogens (primary N) is 1. The number of rotatable bonds is 16. The van der Waals surface area contributed by atoms with E-state index in [0.29, 0.717) is 36.6 Å². The van der Waals surface area contributed by atoms with E-state index in [1.165, 1.54) is 4.68 Å². The number of esters is 4. The van der Waals surface area contributed by atoms with Gasteiger partial charge in [0.2, 0.25) is 24.2 Å². The highest BCUT2D eigenvalue weighted by Crippen LogP contribution is 2.36. The number of hydrogen-bond acceptors (Lipinski definition) is 16. The lowest BCUT2D eigenvalue weighted by molar-refractivity contribution is -0.289. The van der Waals surface area contributed by atoms with Gasteiger partial charge in [-0.1, -0.05) is 50.2 Å². The summed E-state index contributed by atoms with van der Waals surface area (Å²) in [6.07, 6.45) is -7.46. The first-order chi connectivity index (χ1) is 27.6. The summed E-state index contributed by atoms with van der Waals surface area (Å²) in [6.45, 7) is 10.5. The quantitative estimate of drug-likeness (QED) is 0.0613. The Labute approximate surface area is 336 Å². The lowest BCUT2D eigenvalue weighted by Gasteiger charge is -2.43. The summed E-state index contributed by atoms with van der Waals surface area (Å²) in [4.78, 5) is 62.1. The Hall–Kier alpha value is -6.01. The molecular weight excluding hydrogens is 758 g/mol. The molecule has 0 aliphatic carbocycles. The normalized spacial score (nSPS) is 18.7. The molecule has 0 saturated carbocycles. The van der Waals surface area contributed by atoms with Crippen LogP contribution in [0.2, 0.25) is 0 Å². The number of carbonyl (C=O) groups is 5. The number of alkyl carbamates (subject to hydrolysis) is 1. The molecule has 1 amide bonds. The zero-order chi connectivity index (χ0) is 42.5. The van der Waals surface area contributed by atoms with Crippen LogP contribution in [-0.2, 0) is 60.6 Å². The molecule has 4 N–H and O–H groups in total. The van der Waals surface area contributed by atoms with E-state index in [4.69, 9.17) is 49.0 Å². The van der Waals surface area contributed by atoms with Crippen molar-refractivity contribution in [1.82, 2.24) is 15.1 Å². The summed E-state index contributed by atoms with van der Waals surface area (Å²) < 4.78 is 47.0. The molecule has 0 unspecified atom stereocenters. The Morgan fingerprint density at radius 3 is 2.16 bits per heavy atom. The van der Waals surface area contributed by atoms with Crippen molar-refractivity contribution in [3.8, 4) is 11.6 Å². The van der Waals surface area contributed by atoms with Crippen LogP contribution in [0.1, 0.15) is 81.8 Å². The molecule has 3 aromatic rings. The number of aryl methyl sites for hydroxylation is 1. The Kier molecular flexibility index (Phi) is 16.1. The van der Waals surface area contributed by atoms with Gasteiger partial charge in [0.15, 0.2) is 12.2 Å². The maximum Gasteiger partial charge on any atom is 0.414 e. The number of nitrogens with zero attached hydrogens (tertiary/aromatic N) is 2. The highest BCUT2D eigenvalue weighted by atomic mass is 16.7. The third-order valence-electron chi connectivity index (χ3n) is 8.65. The third kappa shape index (κ3) is 12.5. The average Bonchev–Trinajstić information content (AvgIpc) is 3.51. The molecule has 2 aromatic carbocycles. The summed E-state index contributed by atoms with van der Waals surface area (Å²) >= 11 is 0. The van der Waals surface area contributed by atoms with E-state index >= 15 is 0 Å². The van der Waals surface area contributed by atoms with E-state index in [2.05, 4.69) is 10.4 Å². The molecule has 1 aliphatic heterocycles. The zero-order valence-corrected chi connectivity index (χ0v) is 33.6. The van der Waals surface area contributed by atoms with Gasteiger partial charge in [0.25, 0.3) is 0 Å². The second-order valence-corrected chi connectivity index (χ2v) is 13.7. The minimum absolute atomic E-state index is 0.0518. The molecule has 18 heteroatoms. The van der Waals surface area contributed by atoms with Crippen LogP contribution in [0.4, 0.5) is 4.79 Å². The maximum atomic E-state index is 12.9. The number of benzene rings is 2. The third-order valence-corrected chi connectivity index (χ3v) is 8.65. The molecule has 1 aromatic heterocycles. The van der Waals surface area contributed by atoms with Crippen LogP contribution in [0.5, 0.6) is 11.6 Å². The summed E-state index contributed by atoms with van der Waals surface area (Å²) in [5.74, 6) is -3.39. The van der Waals surface area contributed by atoms with E-state index in [-0.39, 0.29) is 24.8 Å². The van der Waals surface area contributed by atoms with Crippen LogP contribution < -0.4 is 20.5 Å². The SMILES string of the molecule is CC(=O)OC[C@H]1O[C@@H](Oc2nn(C(=N)NC(=O)OCc3ccccc3)c(C(C)C)c2Cc2ccc(OCCCN)cc2C)[C@H](OC(C)=O)[C@@H](OC(C)=O)[C@@H]1OC(C)=O. The van der Waals surface area contributed by atoms with E-state index < -0.39 is 73.2 Å². The summed E-state index contributed by atoms with van der Waals surface area (Å²) in [7, 11) is 0. The monoisotopic (exact) mass is 809 g/mol. The fourth-order valence-corrected chi connectivity index (χ4v) is 6.19. The first-order valence-corrected chi connectivity index (χ1v) is 18.7. The lowest BCUT2D eigenvalue weighted by atomic mass is 9.96. The van der Waals surface area contributed by atoms with Gasteiger partial charge < -0.3 is 43.6 Å². The smallest absolute Gasteiger partial charge is 0.414 e. The van der Waals surface area contributed by atoms with E-state index in [1.807, 2.05) is 45.0 Å². The Morgan fingerprint density at radius 1 is 0.897 bits per heavy atom. The summed E-state index contributed by atoms with van der Waals surface area (Å²) in [5.41, 5.74) is 8.94. The number of aromatic nitrogens is 2. The minimum atomic E-state index is -1.62. The van der Waals surface area contributed by atoms with Gasteiger partial charge in [0, 0.05) is 39.7 Å². The first kappa shape index (κ1) is 44.7. The van der Waals surface area contributed by atoms with Crippen LogP contribution in [0, 0.1) is 12.3 Å². The van der Waals surface area contributed by atoms with Gasteiger partial charge in [-0.2, -0.15) is 0 Å². The second kappa shape index (κ2) is 20.9. The van der Waals surface area contributed by atoms with Crippen molar-refractivity contribution in [3.63, 3.8) is 0 Å². The number of amides is 1. The molecule has 1 saturated heterocycles. The Bertz CT molecular complexity index is 1930. The van der Waals surface area contributed by atoms with Crippen molar-refractivity contribution in [2.75, 3.05) is 19.8 Å². The van der Waals surface area contributed by atoms with Crippen LogP contribution in [0.15, 0.2) is 48.5 Å². The fraction of sp³-hybridized carbons (Fsp3) is 0.475. The highest BCUT2D eigenvalue weighted by molar-refractivity contribution is 5.93. The Morgan fingerprint density at radius 2 is 1.55 bits per heavy atom. The molecule has 5 atom stereocenters. The van der Waals surface area contributed by atoms with E-state index in [9.17, 15) is 24.0 Å². The number of carbonyl (C=O) groups excluding carboxylic acids is 5. The molecule has 0 spiro atoms. The van der Waals surface area contributed by atoms with Crippen molar-refractivity contribution >= 4 is 35.9 Å². The topological polar surface area (TPSA) is 239 Å². The molecular formula is C40H51N5O13. The predicted octanol–water partition coefficient (Wildman–Crippen LogP) is 3.80. The molecule has 0 radical (unpaired) electrons. The number of nitrogens with one attached hydrogen (secondary N) is 2. The molecule has 4 rings (SSSR count). The lowest BCUT2D eigenvalue weighted by Crippen LogP contribution is -2.63. The largest absolute Gasteiger partial charge is 0.494 e. The van der Waals surface area contributed by atoms with Gasteiger partial charge in [0.1, 0.15) is 25.1 Å². The summed E-state index contributed by atoms with van der Waals surface area (Å²) in [6, 6.07) is 14.6. The first-order valence-electron chi connectivity index (χ1n) is 18.7. The van der Waals surface area contributed by atoms with Crippen LogP contribution in [0.25, 0.3) is 0 Å². The average molecular weight is 810 g/mol. The van der Waals surface area contributed by atoms with Crippen molar-refractivity contribution in [2.24, 2.45) is 5.73 Å². The highest BCUT2D eigenvalue weighted by Gasteiger charge is 2.54. The number of ether oxygens (including phenoxy) is 8. The van der Waals surface area contributed by atoms with Crippen LogP contribution in [-0.4, -0.2) is 96.2 Å². The standard InChI is InChI=1S/C40H51N5O13/c1-22(2)33-31(19-29-14-15-30(18-23(29)3)51-17-11-16-41)37(44-45(33)39(42)43-40(50)53-20-28-12-9-8-10-13-28)58-38-36(56-27(7)49)35(55-26(6)48)34(54-25(5)47)32(57-38)21-52-24(4)46/h8-10,12-15,18,22,32,34-36,38H,11,16-17,19-21,41H2,1-7H3,(H2,42,43,50)/t32-,34-,35+,36-,38+/m1/s1. The van der Waals surface area contributed by atoms with Gasteiger partial charge in [-0.3, -0.25) is 29.9 Å². The van der Waals surface area contributed by atoms with Crippen molar-refractivity contribution in [3.05, 3.63) is 76.5 Å². The van der Waals surface area contributed by atoms with Crippen molar-refractivity contribution in [1.29, 1.82) is 5.41 Å². The Balaban J connectivity index is 1.81. The molecule has 1 aliphatic rings. The van der Waals surface area contributed by atoms with Gasteiger partial charge in [-0.15, -0.1) is 5.10 Å². The van der Waals surface area contributed by atoms with Crippen molar-refractivity contribution < 1.29 is 61.9 Å². The van der Waals surface area contributed by atoms with Crippen molar-refractivity contribution in [2.45, 2.75) is 105 Å². The van der Waals surface area contributed by atoms with E-state index in [0.717, 1.165) is 44.4 Å². The second-order valence-electron chi connectivity index (χ2n) is 13.7. The molecule has 314 valence electrons. The van der Waals surface area contributed by atoms with E-state index in [1.54, 1.807) is 24.3 Å². The molecule has 18 nitrogen and oxygen atoms in total. The fourth-order valence-electron chi connectivity index (χ4n) is 6.19. The predicted molar refractivity (Wildman–Crippen MR) is 205 cm³/mol. The van der Waals surface area contributed by atoms with Crippen LogP contribution in [0.3, 0.4) is 0 Å². The molecule has 1 fully saturated rings. The van der Waals surface area contributed by atoms with Gasteiger partial charge in [-0.25, -0.2) is 9.48 Å². The van der Waals surface area contributed by atoms with Crippen LogP contribution >= 0.6 is 0 Å².